The van der Waals surface area contributed by atoms with Crippen LogP contribution in [0.25, 0.3) is 0 Å². The van der Waals surface area contributed by atoms with Crippen LogP contribution in [-0.2, 0) is 9.47 Å². The first-order chi connectivity index (χ1) is 7.40. The van der Waals surface area contributed by atoms with Crippen molar-refractivity contribution in [2.45, 2.75) is 44.3 Å². The summed E-state index contributed by atoms with van der Waals surface area (Å²) in [6.07, 6.45) is 8.33. The van der Waals surface area contributed by atoms with Gasteiger partial charge in [-0.3, -0.25) is 0 Å². The highest BCUT2D eigenvalue weighted by atomic mass is 16.6. The van der Waals surface area contributed by atoms with Gasteiger partial charge in [-0.25, -0.2) is 0 Å². The molecule has 4 fully saturated rings. The average Bonchev–Trinajstić information content (AvgIpc) is 2.72. The van der Waals surface area contributed by atoms with Crippen LogP contribution in [-0.4, -0.2) is 25.4 Å². The monoisotopic (exact) mass is 208 g/mol. The Morgan fingerprint density at radius 2 is 1.67 bits per heavy atom. The molecule has 2 bridgehead atoms. The lowest BCUT2D eigenvalue weighted by Gasteiger charge is -2.23. The number of ether oxygens (including phenoxy) is 2. The molecule has 1 saturated heterocycles. The van der Waals surface area contributed by atoms with E-state index in [0.29, 0.717) is 12.2 Å². The average molecular weight is 208 g/mol. The second-order valence-corrected chi connectivity index (χ2v) is 6.04. The highest BCUT2D eigenvalue weighted by Gasteiger charge is 2.52. The second kappa shape index (κ2) is 3.21. The van der Waals surface area contributed by atoms with Crippen LogP contribution in [0.5, 0.6) is 0 Å². The minimum absolute atomic E-state index is 0.446. The van der Waals surface area contributed by atoms with Crippen LogP contribution in [0.4, 0.5) is 0 Å². The molecule has 5 atom stereocenters. The van der Waals surface area contributed by atoms with Gasteiger partial charge in [0.2, 0.25) is 0 Å². The largest absolute Gasteiger partial charge is 0.375 e. The van der Waals surface area contributed by atoms with E-state index >= 15 is 0 Å². The molecule has 15 heavy (non-hydrogen) atoms. The molecule has 1 aliphatic heterocycles. The SMILES string of the molecule is C1OC1COC1CC2C3CCC(C3)C2C1. The molecular formula is C13H20O2. The summed E-state index contributed by atoms with van der Waals surface area (Å²) in [6.45, 7) is 1.80. The summed E-state index contributed by atoms with van der Waals surface area (Å²) in [7, 11) is 0. The topological polar surface area (TPSA) is 21.8 Å². The van der Waals surface area contributed by atoms with Crippen LogP contribution in [0.1, 0.15) is 32.1 Å². The number of hydrogen-bond acceptors (Lipinski definition) is 2. The molecule has 2 heteroatoms. The fourth-order valence-corrected chi connectivity index (χ4v) is 4.51. The van der Waals surface area contributed by atoms with E-state index in [-0.39, 0.29) is 0 Å². The maximum absolute atomic E-state index is 5.96. The molecule has 5 unspecified atom stereocenters. The van der Waals surface area contributed by atoms with Crippen LogP contribution >= 0.6 is 0 Å². The van der Waals surface area contributed by atoms with Crippen molar-refractivity contribution >= 4 is 0 Å². The molecule has 0 amide bonds. The lowest BCUT2D eigenvalue weighted by molar-refractivity contribution is 0.0402. The van der Waals surface area contributed by atoms with Crippen molar-refractivity contribution in [3.63, 3.8) is 0 Å². The fourth-order valence-electron chi connectivity index (χ4n) is 4.51. The van der Waals surface area contributed by atoms with Gasteiger partial charge in [0.05, 0.1) is 19.3 Å². The summed E-state index contributed by atoms with van der Waals surface area (Å²) in [4.78, 5) is 0. The van der Waals surface area contributed by atoms with Crippen molar-refractivity contribution in [1.29, 1.82) is 0 Å². The van der Waals surface area contributed by atoms with E-state index in [1.54, 1.807) is 6.42 Å². The number of epoxide rings is 1. The third-order valence-electron chi connectivity index (χ3n) is 5.26. The van der Waals surface area contributed by atoms with Crippen molar-refractivity contribution in [1.82, 2.24) is 0 Å². The zero-order chi connectivity index (χ0) is 9.83. The molecule has 0 aromatic rings. The summed E-state index contributed by atoms with van der Waals surface area (Å²) >= 11 is 0. The van der Waals surface area contributed by atoms with E-state index < -0.39 is 0 Å². The molecule has 1 heterocycles. The molecule has 4 rings (SSSR count). The zero-order valence-corrected chi connectivity index (χ0v) is 9.23. The van der Waals surface area contributed by atoms with Gasteiger partial charge in [0.15, 0.2) is 0 Å². The molecule has 84 valence electrons. The Morgan fingerprint density at radius 1 is 1.00 bits per heavy atom. The molecule has 0 aromatic carbocycles. The Labute approximate surface area is 91.3 Å². The van der Waals surface area contributed by atoms with Gasteiger partial charge in [0.25, 0.3) is 0 Å². The minimum atomic E-state index is 0.446. The van der Waals surface area contributed by atoms with Crippen molar-refractivity contribution in [3.05, 3.63) is 0 Å². The van der Waals surface area contributed by atoms with E-state index in [0.717, 1.165) is 36.9 Å². The standard InChI is InChI=1S/C13H20O2/c1-2-9-3-8(1)12-4-10(5-13(9)12)14-6-11-7-15-11/h8-13H,1-7H2. The second-order valence-electron chi connectivity index (χ2n) is 6.04. The molecule has 0 radical (unpaired) electrons. The fraction of sp³-hybridized carbons (Fsp3) is 1.00. The van der Waals surface area contributed by atoms with Gasteiger partial charge >= 0.3 is 0 Å². The minimum Gasteiger partial charge on any atom is -0.375 e. The van der Waals surface area contributed by atoms with Gasteiger partial charge in [0.1, 0.15) is 6.10 Å². The van der Waals surface area contributed by atoms with Crippen LogP contribution < -0.4 is 0 Å². The predicted octanol–water partition coefficient (Wildman–Crippen LogP) is 2.23. The number of hydrogen-bond donors (Lipinski definition) is 0. The van der Waals surface area contributed by atoms with Gasteiger partial charge < -0.3 is 9.47 Å². The van der Waals surface area contributed by atoms with Gasteiger partial charge in [-0.2, -0.15) is 0 Å². The Hall–Kier alpha value is -0.0800. The summed E-state index contributed by atoms with van der Waals surface area (Å²) in [5, 5.41) is 0. The van der Waals surface area contributed by atoms with Crippen molar-refractivity contribution < 1.29 is 9.47 Å². The maximum Gasteiger partial charge on any atom is 0.104 e. The Balaban J connectivity index is 1.37. The van der Waals surface area contributed by atoms with Gasteiger partial charge in [-0.15, -0.1) is 0 Å². The van der Waals surface area contributed by atoms with Crippen LogP contribution in [0.15, 0.2) is 0 Å². The Morgan fingerprint density at radius 3 is 2.27 bits per heavy atom. The third kappa shape index (κ3) is 1.45. The summed E-state index contributed by atoms with van der Waals surface area (Å²) in [5.74, 6) is 4.22. The van der Waals surface area contributed by atoms with Crippen LogP contribution in [0, 0.1) is 23.7 Å². The molecule has 0 N–H and O–H groups in total. The van der Waals surface area contributed by atoms with Gasteiger partial charge in [-0.05, 0) is 55.8 Å². The molecule has 3 saturated carbocycles. The number of fused-ring (bicyclic) bond motifs is 5. The van der Waals surface area contributed by atoms with E-state index in [1.807, 2.05) is 0 Å². The van der Waals surface area contributed by atoms with E-state index in [1.165, 1.54) is 25.7 Å². The highest BCUT2D eigenvalue weighted by Crippen LogP contribution is 2.59. The molecule has 0 aromatic heterocycles. The molecule has 4 aliphatic rings. The lowest BCUT2D eigenvalue weighted by atomic mass is 9.82. The lowest BCUT2D eigenvalue weighted by Crippen LogP contribution is -2.15. The van der Waals surface area contributed by atoms with Gasteiger partial charge in [0, 0.05) is 0 Å². The van der Waals surface area contributed by atoms with Crippen molar-refractivity contribution in [2.75, 3.05) is 13.2 Å². The Kier molecular flexibility index (Phi) is 1.92. The van der Waals surface area contributed by atoms with E-state index in [2.05, 4.69) is 0 Å². The molecule has 0 spiro atoms. The third-order valence-corrected chi connectivity index (χ3v) is 5.26. The highest BCUT2D eigenvalue weighted by molar-refractivity contribution is 5.01. The first-order valence-corrected chi connectivity index (χ1v) is 6.63. The van der Waals surface area contributed by atoms with Crippen LogP contribution in [0.3, 0.4) is 0 Å². The molecule has 2 nitrogen and oxygen atoms in total. The molecular weight excluding hydrogens is 188 g/mol. The molecule has 3 aliphatic carbocycles. The first-order valence-electron chi connectivity index (χ1n) is 6.63. The predicted molar refractivity (Wildman–Crippen MR) is 56.5 cm³/mol. The van der Waals surface area contributed by atoms with Crippen molar-refractivity contribution in [2.24, 2.45) is 23.7 Å². The summed E-state index contributed by atoms with van der Waals surface area (Å²) in [6, 6.07) is 0. The normalized spacial score (nSPS) is 56.0. The smallest absolute Gasteiger partial charge is 0.104 e. The first kappa shape index (κ1) is 9.00. The maximum atomic E-state index is 5.96. The Bertz CT molecular complexity index is 243. The number of rotatable bonds is 3. The zero-order valence-electron chi connectivity index (χ0n) is 9.23. The summed E-state index contributed by atoms with van der Waals surface area (Å²) < 4.78 is 11.2. The van der Waals surface area contributed by atoms with Crippen LogP contribution in [0.2, 0.25) is 0 Å². The summed E-state index contributed by atoms with van der Waals surface area (Å²) in [5.41, 5.74) is 0. The quantitative estimate of drug-likeness (QED) is 0.663. The van der Waals surface area contributed by atoms with Crippen molar-refractivity contribution in [3.8, 4) is 0 Å². The van der Waals surface area contributed by atoms with E-state index in [9.17, 15) is 0 Å². The van der Waals surface area contributed by atoms with E-state index in [4.69, 9.17) is 9.47 Å². The van der Waals surface area contributed by atoms with Gasteiger partial charge in [-0.1, -0.05) is 0 Å².